The fraction of sp³-hybridized carbons (Fsp3) is 0.100. The number of nitro groups is 1. The van der Waals surface area contributed by atoms with E-state index in [0.29, 0.717) is 28.1 Å². The smallest absolute Gasteiger partial charge is 0.416 e. The fourth-order valence-electron chi connectivity index (χ4n) is 4.14. The Kier molecular flexibility index (Phi) is 7.69. The number of halogens is 3. The average molecular weight is 575 g/mol. The van der Waals surface area contributed by atoms with E-state index < -0.39 is 22.2 Å². The van der Waals surface area contributed by atoms with Crippen molar-refractivity contribution in [1.82, 2.24) is 9.66 Å². The molecular formula is C30H21F3N4O5. The third-order valence-electron chi connectivity index (χ3n) is 6.25. The summed E-state index contributed by atoms with van der Waals surface area (Å²) in [5.41, 5.74) is 0.126. The zero-order valence-electron chi connectivity index (χ0n) is 21.9. The Morgan fingerprint density at radius 1 is 0.976 bits per heavy atom. The highest BCUT2D eigenvalue weighted by atomic mass is 19.4. The van der Waals surface area contributed by atoms with Crippen LogP contribution in [0, 0.1) is 10.1 Å². The van der Waals surface area contributed by atoms with Gasteiger partial charge in [-0.25, -0.2) is 4.98 Å². The summed E-state index contributed by atoms with van der Waals surface area (Å²) >= 11 is 0. The van der Waals surface area contributed by atoms with Gasteiger partial charge in [-0.15, -0.1) is 0 Å². The summed E-state index contributed by atoms with van der Waals surface area (Å²) in [6.07, 6.45) is -3.22. The van der Waals surface area contributed by atoms with Crippen LogP contribution in [0.25, 0.3) is 22.3 Å². The van der Waals surface area contributed by atoms with E-state index in [4.69, 9.17) is 9.47 Å². The third kappa shape index (κ3) is 5.97. The Balaban J connectivity index is 1.47. The maximum atomic E-state index is 13.4. The number of nitro benzene ring substituents is 1. The van der Waals surface area contributed by atoms with E-state index in [2.05, 4.69) is 10.1 Å². The molecule has 0 amide bonds. The molecule has 1 heterocycles. The van der Waals surface area contributed by atoms with Crippen molar-refractivity contribution in [1.29, 1.82) is 0 Å². The number of methoxy groups -OCH3 is 1. The van der Waals surface area contributed by atoms with Crippen molar-refractivity contribution in [2.45, 2.75) is 12.8 Å². The number of nitrogens with zero attached hydrogens (tertiary/aromatic N) is 4. The minimum atomic E-state index is -4.58. The van der Waals surface area contributed by atoms with Gasteiger partial charge in [0.15, 0.2) is 17.3 Å². The first-order valence-corrected chi connectivity index (χ1v) is 12.4. The molecule has 1 aromatic heterocycles. The van der Waals surface area contributed by atoms with Gasteiger partial charge in [0.1, 0.15) is 6.61 Å². The highest BCUT2D eigenvalue weighted by Gasteiger charge is 2.31. The van der Waals surface area contributed by atoms with Gasteiger partial charge in [0.05, 0.1) is 34.7 Å². The van der Waals surface area contributed by atoms with E-state index in [-0.39, 0.29) is 29.1 Å². The number of para-hydroxylation sites is 1. The second-order valence-electron chi connectivity index (χ2n) is 9.02. The Hall–Kier alpha value is -5.52. The zero-order valence-corrected chi connectivity index (χ0v) is 21.9. The number of non-ortho nitro benzene ring substituents is 1. The summed E-state index contributed by atoms with van der Waals surface area (Å²) < 4.78 is 52.5. The van der Waals surface area contributed by atoms with Crippen LogP contribution in [0.1, 0.15) is 16.7 Å². The number of ether oxygens (including phenoxy) is 2. The Morgan fingerprint density at radius 3 is 2.45 bits per heavy atom. The van der Waals surface area contributed by atoms with Crippen LogP contribution in [0.3, 0.4) is 0 Å². The fourth-order valence-corrected chi connectivity index (χ4v) is 4.14. The highest BCUT2D eigenvalue weighted by Crippen LogP contribution is 2.32. The Morgan fingerprint density at radius 2 is 1.74 bits per heavy atom. The largest absolute Gasteiger partial charge is 0.493 e. The van der Waals surface area contributed by atoms with Gasteiger partial charge in [0.25, 0.3) is 11.2 Å². The van der Waals surface area contributed by atoms with Crippen LogP contribution in [0.15, 0.2) is 101 Å². The number of alkyl halides is 3. The highest BCUT2D eigenvalue weighted by molar-refractivity contribution is 5.82. The van der Waals surface area contributed by atoms with Gasteiger partial charge in [-0.05, 0) is 65.7 Å². The van der Waals surface area contributed by atoms with Crippen molar-refractivity contribution >= 4 is 22.8 Å². The predicted octanol–water partition coefficient (Wildman–Crippen LogP) is 6.46. The molecule has 12 heteroatoms. The molecule has 0 bridgehead atoms. The second kappa shape index (κ2) is 11.5. The van der Waals surface area contributed by atoms with Gasteiger partial charge in [-0.3, -0.25) is 14.9 Å². The molecule has 0 fully saturated rings. The van der Waals surface area contributed by atoms with Crippen LogP contribution in [-0.4, -0.2) is 27.9 Å². The summed E-state index contributed by atoms with van der Waals surface area (Å²) in [7, 11) is 1.44. The number of benzene rings is 4. The monoisotopic (exact) mass is 574 g/mol. The van der Waals surface area contributed by atoms with Gasteiger partial charge in [-0.1, -0.05) is 24.3 Å². The molecule has 0 saturated carbocycles. The van der Waals surface area contributed by atoms with Crippen molar-refractivity contribution < 1.29 is 27.6 Å². The minimum Gasteiger partial charge on any atom is -0.493 e. The SMILES string of the molecule is COc1cc(C=Nn2c(-c3cccc(C(F)(F)F)c3)nc3ccccc3c2=O)ccc1OCc1ccc([N+](=O)[O-])cc1. The summed E-state index contributed by atoms with van der Waals surface area (Å²) in [4.78, 5) is 28.2. The van der Waals surface area contributed by atoms with Crippen molar-refractivity contribution in [3.8, 4) is 22.9 Å². The number of aromatic nitrogens is 2. The first kappa shape index (κ1) is 28.0. The van der Waals surface area contributed by atoms with E-state index in [1.54, 1.807) is 54.6 Å². The lowest BCUT2D eigenvalue weighted by atomic mass is 10.1. The van der Waals surface area contributed by atoms with E-state index in [1.807, 2.05) is 0 Å². The van der Waals surface area contributed by atoms with Crippen molar-refractivity contribution in [3.63, 3.8) is 0 Å². The van der Waals surface area contributed by atoms with Crippen molar-refractivity contribution in [2.24, 2.45) is 5.10 Å². The lowest BCUT2D eigenvalue weighted by Crippen LogP contribution is -2.20. The molecule has 212 valence electrons. The molecule has 0 aliphatic carbocycles. The number of rotatable bonds is 8. The van der Waals surface area contributed by atoms with Gasteiger partial charge >= 0.3 is 6.18 Å². The number of fused-ring (bicyclic) bond motifs is 1. The Labute approximate surface area is 236 Å². The van der Waals surface area contributed by atoms with Crippen LogP contribution in [0.5, 0.6) is 11.5 Å². The predicted molar refractivity (Wildman–Crippen MR) is 150 cm³/mol. The second-order valence-corrected chi connectivity index (χ2v) is 9.02. The molecule has 0 N–H and O–H groups in total. The zero-order chi connectivity index (χ0) is 29.9. The summed E-state index contributed by atoms with van der Waals surface area (Å²) in [5, 5.41) is 15.4. The third-order valence-corrected chi connectivity index (χ3v) is 6.25. The average Bonchev–Trinajstić information content (AvgIpc) is 2.99. The van der Waals surface area contributed by atoms with Gasteiger partial charge in [0, 0.05) is 17.7 Å². The lowest BCUT2D eigenvalue weighted by Gasteiger charge is -2.12. The molecule has 0 aliphatic heterocycles. The van der Waals surface area contributed by atoms with Crippen LogP contribution >= 0.6 is 0 Å². The van der Waals surface area contributed by atoms with Crippen LogP contribution in [0.2, 0.25) is 0 Å². The molecule has 0 radical (unpaired) electrons. The summed E-state index contributed by atoms with van der Waals surface area (Å²) in [5.74, 6) is 0.682. The Bertz CT molecular complexity index is 1870. The molecule has 0 saturated heterocycles. The van der Waals surface area contributed by atoms with E-state index in [0.717, 1.165) is 16.8 Å². The van der Waals surface area contributed by atoms with Gasteiger partial charge in [-0.2, -0.15) is 22.9 Å². The normalized spacial score (nSPS) is 11.6. The summed E-state index contributed by atoms with van der Waals surface area (Å²) in [6.45, 7) is 0.125. The first-order valence-electron chi connectivity index (χ1n) is 12.4. The maximum Gasteiger partial charge on any atom is 0.416 e. The summed E-state index contributed by atoms with van der Waals surface area (Å²) in [6, 6.07) is 21.8. The molecule has 5 rings (SSSR count). The maximum absolute atomic E-state index is 13.4. The van der Waals surface area contributed by atoms with E-state index in [9.17, 15) is 28.1 Å². The van der Waals surface area contributed by atoms with Crippen molar-refractivity contribution in [3.05, 3.63) is 128 Å². The van der Waals surface area contributed by atoms with Crippen LogP contribution < -0.4 is 15.0 Å². The van der Waals surface area contributed by atoms with Gasteiger partial charge in [0.2, 0.25) is 0 Å². The first-order chi connectivity index (χ1) is 20.1. The van der Waals surface area contributed by atoms with E-state index >= 15 is 0 Å². The van der Waals surface area contributed by atoms with Crippen molar-refractivity contribution in [2.75, 3.05) is 7.11 Å². The number of hydrogen-bond acceptors (Lipinski definition) is 7. The molecule has 5 aromatic rings. The molecule has 4 aromatic carbocycles. The minimum absolute atomic E-state index is 0.0306. The standard InChI is InChI=1S/C30H21F3N4O5/c1-41-27-15-20(11-14-26(27)42-18-19-9-12-23(13-10-19)37(39)40)17-34-36-28(21-5-4-6-22(16-21)30(31,32)33)35-25-8-3-2-7-24(25)29(36)38/h2-17H,18H2,1H3. The van der Waals surface area contributed by atoms with Gasteiger partial charge < -0.3 is 9.47 Å². The number of hydrogen-bond donors (Lipinski definition) is 0. The molecule has 0 atom stereocenters. The molecule has 42 heavy (non-hydrogen) atoms. The van der Waals surface area contributed by atoms with Crippen LogP contribution in [0.4, 0.5) is 18.9 Å². The topological polar surface area (TPSA) is 109 Å². The quantitative estimate of drug-likeness (QED) is 0.120. The van der Waals surface area contributed by atoms with Crippen LogP contribution in [-0.2, 0) is 12.8 Å². The van der Waals surface area contributed by atoms with E-state index in [1.165, 1.54) is 37.6 Å². The molecule has 0 aliphatic rings. The molecule has 0 unspecified atom stereocenters. The lowest BCUT2D eigenvalue weighted by molar-refractivity contribution is -0.384. The molecule has 0 spiro atoms. The molecule has 9 nitrogen and oxygen atoms in total. The molecular weight excluding hydrogens is 553 g/mol.